The van der Waals surface area contributed by atoms with E-state index < -0.39 is 5.92 Å². The van der Waals surface area contributed by atoms with Gasteiger partial charge in [0.15, 0.2) is 5.78 Å². The van der Waals surface area contributed by atoms with Crippen molar-refractivity contribution in [2.24, 2.45) is 5.92 Å². The lowest BCUT2D eigenvalue weighted by molar-refractivity contribution is -0.133. The Morgan fingerprint density at radius 3 is 2.90 bits per heavy atom. The minimum atomic E-state index is -0.650. The summed E-state index contributed by atoms with van der Waals surface area (Å²) >= 11 is 0. The van der Waals surface area contributed by atoms with E-state index in [0.29, 0.717) is 13.0 Å². The lowest BCUT2D eigenvalue weighted by Crippen LogP contribution is -2.44. The Balaban J connectivity index is 2.29. The number of rotatable bonds is 3. The number of nitrogens with zero attached hydrogens (tertiary/aromatic N) is 2. The van der Waals surface area contributed by atoms with E-state index in [1.54, 1.807) is 4.90 Å². The van der Waals surface area contributed by atoms with Crippen molar-refractivity contribution in [1.29, 1.82) is 5.26 Å². The molecule has 0 aromatic heterocycles. The zero-order valence-electron chi connectivity index (χ0n) is 11.8. The van der Waals surface area contributed by atoms with Crippen LogP contribution in [0.4, 0.5) is 5.69 Å². The number of hydrogen-bond donors (Lipinski definition) is 0. The Labute approximate surface area is 119 Å². The smallest absolute Gasteiger partial charge is 0.237 e. The molecule has 1 aromatic carbocycles. The van der Waals surface area contributed by atoms with Crippen molar-refractivity contribution < 1.29 is 9.59 Å². The number of aryl methyl sites for hydroxylation is 1. The SMILES string of the molecule is Cc1cccc(N2CCC[C@@H](C(=O)CC#N)C2=O)c1C. The number of anilines is 1. The number of carbonyl (C=O) groups excluding carboxylic acids is 2. The van der Waals surface area contributed by atoms with Crippen LogP contribution in [0.3, 0.4) is 0 Å². The molecule has 2 rings (SSSR count). The molecule has 1 aromatic rings. The predicted molar refractivity (Wildman–Crippen MR) is 76.2 cm³/mol. The Morgan fingerprint density at radius 2 is 2.20 bits per heavy atom. The molecule has 1 atom stereocenters. The van der Waals surface area contributed by atoms with E-state index in [4.69, 9.17) is 5.26 Å². The molecule has 0 saturated carbocycles. The van der Waals surface area contributed by atoms with Crippen LogP contribution in [0.25, 0.3) is 0 Å². The number of ketones is 1. The lowest BCUT2D eigenvalue weighted by atomic mass is 9.90. The van der Waals surface area contributed by atoms with Crippen LogP contribution < -0.4 is 4.90 Å². The highest BCUT2D eigenvalue weighted by atomic mass is 16.2. The molecule has 1 aliphatic heterocycles. The van der Waals surface area contributed by atoms with Gasteiger partial charge in [-0.1, -0.05) is 12.1 Å². The molecule has 104 valence electrons. The maximum atomic E-state index is 12.5. The largest absolute Gasteiger partial charge is 0.312 e. The Bertz CT molecular complexity index is 587. The van der Waals surface area contributed by atoms with Crippen LogP contribution in [-0.4, -0.2) is 18.2 Å². The molecule has 20 heavy (non-hydrogen) atoms. The summed E-state index contributed by atoms with van der Waals surface area (Å²) in [5, 5.41) is 8.62. The van der Waals surface area contributed by atoms with Crippen molar-refractivity contribution in [3.05, 3.63) is 29.3 Å². The molecule has 0 N–H and O–H groups in total. The first kappa shape index (κ1) is 14.3. The average Bonchev–Trinajstić information content (AvgIpc) is 2.43. The van der Waals surface area contributed by atoms with Crippen molar-refractivity contribution in [1.82, 2.24) is 0 Å². The third-order valence-corrected chi connectivity index (χ3v) is 3.95. The van der Waals surface area contributed by atoms with Crippen LogP contribution in [0.15, 0.2) is 18.2 Å². The normalized spacial score (nSPS) is 18.8. The lowest BCUT2D eigenvalue weighted by Gasteiger charge is -2.32. The number of amides is 1. The topological polar surface area (TPSA) is 61.2 Å². The maximum absolute atomic E-state index is 12.5. The molecular formula is C16H18N2O2. The number of benzene rings is 1. The summed E-state index contributed by atoms with van der Waals surface area (Å²) < 4.78 is 0. The van der Waals surface area contributed by atoms with E-state index in [1.807, 2.05) is 38.1 Å². The maximum Gasteiger partial charge on any atom is 0.237 e. The van der Waals surface area contributed by atoms with E-state index >= 15 is 0 Å². The van der Waals surface area contributed by atoms with Gasteiger partial charge in [-0.3, -0.25) is 9.59 Å². The number of nitriles is 1. The Kier molecular flexibility index (Phi) is 4.19. The first-order valence-electron chi connectivity index (χ1n) is 6.83. The average molecular weight is 270 g/mol. The molecule has 1 heterocycles. The van der Waals surface area contributed by atoms with Crippen molar-refractivity contribution in [3.8, 4) is 6.07 Å². The molecule has 0 bridgehead atoms. The van der Waals surface area contributed by atoms with Gasteiger partial charge >= 0.3 is 0 Å². The quantitative estimate of drug-likeness (QED) is 0.793. The Hall–Kier alpha value is -2.15. The van der Waals surface area contributed by atoms with Gasteiger partial charge in [0.1, 0.15) is 0 Å². The van der Waals surface area contributed by atoms with E-state index in [-0.39, 0.29) is 18.1 Å². The van der Waals surface area contributed by atoms with Gasteiger partial charge in [-0.05, 0) is 43.9 Å². The van der Waals surface area contributed by atoms with Crippen LogP contribution >= 0.6 is 0 Å². The van der Waals surface area contributed by atoms with Gasteiger partial charge in [-0.2, -0.15) is 5.26 Å². The van der Waals surface area contributed by atoms with Crippen LogP contribution in [0.1, 0.15) is 30.4 Å². The highest BCUT2D eigenvalue weighted by Gasteiger charge is 2.34. The van der Waals surface area contributed by atoms with E-state index in [2.05, 4.69) is 0 Å². The summed E-state index contributed by atoms with van der Waals surface area (Å²) in [6, 6.07) is 7.68. The molecule has 1 aliphatic rings. The number of hydrogen-bond acceptors (Lipinski definition) is 3. The second-order valence-corrected chi connectivity index (χ2v) is 5.20. The predicted octanol–water partition coefficient (Wildman–Crippen LogP) is 2.53. The molecule has 4 nitrogen and oxygen atoms in total. The number of piperidine rings is 1. The van der Waals surface area contributed by atoms with Crippen LogP contribution in [0.5, 0.6) is 0 Å². The molecule has 0 radical (unpaired) electrons. The fraction of sp³-hybridized carbons (Fsp3) is 0.438. The van der Waals surface area contributed by atoms with Crippen LogP contribution in [-0.2, 0) is 9.59 Å². The molecule has 0 unspecified atom stereocenters. The highest BCUT2D eigenvalue weighted by molar-refractivity contribution is 6.09. The van der Waals surface area contributed by atoms with Gasteiger partial charge in [0, 0.05) is 12.2 Å². The molecule has 4 heteroatoms. The summed E-state index contributed by atoms with van der Waals surface area (Å²) in [7, 11) is 0. The summed E-state index contributed by atoms with van der Waals surface area (Å²) in [6.45, 7) is 4.63. The zero-order chi connectivity index (χ0) is 14.7. The minimum Gasteiger partial charge on any atom is -0.312 e. The van der Waals surface area contributed by atoms with Crippen molar-refractivity contribution in [2.75, 3.05) is 11.4 Å². The van der Waals surface area contributed by atoms with E-state index in [0.717, 1.165) is 23.2 Å². The molecule has 0 aliphatic carbocycles. The molecular weight excluding hydrogens is 252 g/mol. The summed E-state index contributed by atoms with van der Waals surface area (Å²) in [5.74, 6) is -1.07. The summed E-state index contributed by atoms with van der Waals surface area (Å²) in [4.78, 5) is 26.1. The molecule has 1 amide bonds. The third-order valence-electron chi connectivity index (χ3n) is 3.95. The molecule has 1 saturated heterocycles. The molecule has 0 spiro atoms. The summed E-state index contributed by atoms with van der Waals surface area (Å²) in [5.41, 5.74) is 3.07. The Morgan fingerprint density at radius 1 is 1.45 bits per heavy atom. The standard InChI is InChI=1S/C16H18N2O2/c1-11-5-3-7-14(12(11)2)18-10-4-6-13(16(18)20)15(19)8-9-17/h3,5,7,13H,4,6,8,10H2,1-2H3/t13-/m0/s1. The fourth-order valence-electron chi connectivity index (χ4n) is 2.64. The minimum absolute atomic E-state index is 0.162. The van der Waals surface area contributed by atoms with Gasteiger partial charge in [0.2, 0.25) is 5.91 Å². The second kappa shape index (κ2) is 5.87. The second-order valence-electron chi connectivity index (χ2n) is 5.20. The zero-order valence-corrected chi connectivity index (χ0v) is 11.8. The first-order valence-corrected chi connectivity index (χ1v) is 6.83. The number of Topliss-reactive ketones (excluding diaryl/α,β-unsaturated/α-hetero) is 1. The van der Waals surface area contributed by atoms with E-state index in [1.165, 1.54) is 0 Å². The number of carbonyl (C=O) groups is 2. The van der Waals surface area contributed by atoms with Gasteiger partial charge in [-0.15, -0.1) is 0 Å². The van der Waals surface area contributed by atoms with Gasteiger partial charge in [0.25, 0.3) is 0 Å². The fourth-order valence-corrected chi connectivity index (χ4v) is 2.64. The first-order chi connectivity index (χ1) is 9.56. The molecule has 1 fully saturated rings. The monoisotopic (exact) mass is 270 g/mol. The van der Waals surface area contributed by atoms with Gasteiger partial charge < -0.3 is 4.90 Å². The summed E-state index contributed by atoms with van der Waals surface area (Å²) in [6.07, 6.45) is 1.17. The van der Waals surface area contributed by atoms with Crippen molar-refractivity contribution in [2.45, 2.75) is 33.1 Å². The van der Waals surface area contributed by atoms with Crippen LogP contribution in [0, 0.1) is 31.1 Å². The van der Waals surface area contributed by atoms with Gasteiger partial charge in [-0.25, -0.2) is 0 Å². The van der Waals surface area contributed by atoms with Gasteiger partial charge in [0.05, 0.1) is 18.4 Å². The van der Waals surface area contributed by atoms with Crippen LogP contribution in [0.2, 0.25) is 0 Å². The van der Waals surface area contributed by atoms with E-state index in [9.17, 15) is 9.59 Å². The highest BCUT2D eigenvalue weighted by Crippen LogP contribution is 2.29. The third kappa shape index (κ3) is 2.57. The van der Waals surface area contributed by atoms with Crippen molar-refractivity contribution in [3.63, 3.8) is 0 Å². The van der Waals surface area contributed by atoms with Crippen molar-refractivity contribution >= 4 is 17.4 Å².